The van der Waals surface area contributed by atoms with Gasteiger partial charge < -0.3 is 4.74 Å². The molecule has 0 bridgehead atoms. The lowest BCUT2D eigenvalue weighted by molar-refractivity contribution is -1.03. The zero-order chi connectivity index (χ0) is 50.6. The fourth-order valence-corrected chi connectivity index (χ4v) is 29.5. The lowest BCUT2D eigenvalue weighted by Gasteiger charge is -2.50. The van der Waals surface area contributed by atoms with Gasteiger partial charge in [0.1, 0.15) is 11.2 Å². The van der Waals surface area contributed by atoms with Crippen LogP contribution in [0.4, 0.5) is 28.6 Å². The molecule has 11 heterocycles. The minimum absolute atomic E-state index is 0.248. The van der Waals surface area contributed by atoms with Gasteiger partial charge >= 0.3 is 22.8 Å². The predicted molar refractivity (Wildman–Crippen MR) is 318 cm³/mol. The van der Waals surface area contributed by atoms with E-state index in [0.717, 1.165) is 22.9 Å². The number of nitrogens with zero attached hydrogens (tertiary/aromatic N) is 5. The van der Waals surface area contributed by atoms with Crippen molar-refractivity contribution in [2.24, 2.45) is 0 Å². The highest BCUT2D eigenvalue weighted by molar-refractivity contribution is 7.26. The van der Waals surface area contributed by atoms with Gasteiger partial charge in [0.2, 0.25) is 22.9 Å². The van der Waals surface area contributed by atoms with E-state index in [1.165, 1.54) is 142 Å². The van der Waals surface area contributed by atoms with Gasteiger partial charge in [-0.15, -0.1) is 0 Å². The minimum atomic E-state index is -3.18. The summed E-state index contributed by atoms with van der Waals surface area (Å²) in [5, 5.41) is 14.1. The van der Waals surface area contributed by atoms with E-state index >= 15 is 0 Å². The van der Waals surface area contributed by atoms with Gasteiger partial charge in [0, 0.05) is 37.3 Å². The molecule has 8 aliphatic heterocycles. The quantitative estimate of drug-likeness (QED) is 0.0861. The molecule has 10 aromatic carbocycles. The number of rotatable bonds is 0. The number of fused-ring (bicyclic) bond motifs is 22. The Bertz CT molecular complexity index is 5100. The molecule has 0 saturated carbocycles. The normalized spacial score (nSPS) is 18.3. The van der Waals surface area contributed by atoms with Crippen LogP contribution >= 0.6 is 0 Å². The van der Waals surface area contributed by atoms with Crippen LogP contribution in [0.15, 0.2) is 243 Å². The number of ether oxygens (including phenoxy) is 1. The van der Waals surface area contributed by atoms with Gasteiger partial charge in [0.25, 0.3) is 0 Å². The summed E-state index contributed by atoms with van der Waals surface area (Å²) >= 11 is 0. The Labute approximate surface area is 455 Å². The van der Waals surface area contributed by atoms with Gasteiger partial charge in [-0.25, -0.2) is 0 Å². The maximum absolute atomic E-state index is 7.77. The van der Waals surface area contributed by atoms with Crippen LogP contribution in [0.2, 0.25) is 0 Å². The third-order valence-electron chi connectivity index (χ3n) is 20.6. The highest BCUT2D eigenvalue weighted by Crippen LogP contribution is 2.68. The van der Waals surface area contributed by atoms with Crippen LogP contribution in [0, 0.1) is 0 Å². The van der Waals surface area contributed by atoms with Crippen molar-refractivity contribution in [3.8, 4) is 50.6 Å². The fraction of sp³-hybridized carbons (Fsp3) is 0.0141. The number of benzene rings is 10. The maximum Gasteiger partial charge on any atom is 0.350 e. The number of quaternary nitrogens is 1. The minimum Gasteiger partial charge on any atom is -0.444 e. The number of para-hydroxylation sites is 2. The largest absolute Gasteiger partial charge is 0.444 e. The molecule has 79 heavy (non-hydrogen) atoms. The van der Waals surface area contributed by atoms with Crippen molar-refractivity contribution >= 4 is 108 Å². The molecule has 0 radical (unpaired) electrons. The van der Waals surface area contributed by atoms with Gasteiger partial charge in [0.05, 0.1) is 15.5 Å². The molecule has 6 nitrogen and oxygen atoms in total. The van der Waals surface area contributed by atoms with Crippen LogP contribution in [-0.2, 0) is 5.41 Å². The summed E-state index contributed by atoms with van der Waals surface area (Å²) in [4.78, 5) is 2.78. The maximum atomic E-state index is 7.77. The summed E-state index contributed by atoms with van der Waals surface area (Å²) in [7, 11) is -6.35. The number of aromatic nitrogens is 3. The summed E-state index contributed by atoms with van der Waals surface area (Å²) in [5.41, 5.74) is 21.2. The molecule has 3 aromatic heterocycles. The van der Waals surface area contributed by atoms with E-state index in [-0.39, 0.29) is 4.70 Å². The van der Waals surface area contributed by atoms with E-state index in [1.54, 1.807) is 0 Å². The molecular formula is C71H40N5OSi2+3. The van der Waals surface area contributed by atoms with Crippen LogP contribution in [0.3, 0.4) is 0 Å². The monoisotopic (exact) mass is 1030 g/mol. The zero-order valence-corrected chi connectivity index (χ0v) is 44.2. The van der Waals surface area contributed by atoms with Gasteiger partial charge in [-0.2, -0.15) is 9.47 Å². The summed E-state index contributed by atoms with van der Waals surface area (Å²) in [6, 6.07) is 90.1. The Kier molecular flexibility index (Phi) is 6.27. The van der Waals surface area contributed by atoms with Crippen molar-refractivity contribution in [3.63, 3.8) is 0 Å². The number of pyridine rings is 2. The van der Waals surface area contributed by atoms with Crippen molar-refractivity contribution < 1.29 is 14.1 Å². The molecule has 8 heteroatoms. The first-order valence-corrected chi connectivity index (χ1v) is 31.7. The number of hydrogen-bond acceptors (Lipinski definition) is 2. The molecule has 0 fully saturated rings. The Balaban J connectivity index is 1.01. The summed E-state index contributed by atoms with van der Waals surface area (Å²) in [6.07, 6.45) is 4.81. The lowest BCUT2D eigenvalue weighted by atomic mass is 9.65. The van der Waals surface area contributed by atoms with Crippen molar-refractivity contribution in [1.82, 2.24) is 9.27 Å². The Morgan fingerprint density at radius 1 is 0.354 bits per heavy atom. The fourth-order valence-electron chi connectivity index (χ4n) is 18.3. The average molecular weight is 1040 g/mol. The van der Waals surface area contributed by atoms with Gasteiger partial charge in [-0.3, -0.25) is 0 Å². The Hall–Kier alpha value is -9.71. The van der Waals surface area contributed by atoms with Crippen LogP contribution in [0.25, 0.3) is 61.0 Å². The molecule has 9 aliphatic rings. The van der Waals surface area contributed by atoms with E-state index in [9.17, 15) is 0 Å². The number of anilines is 3. The first-order chi connectivity index (χ1) is 39.2. The third kappa shape index (κ3) is 3.66. The third-order valence-corrected chi connectivity index (χ3v) is 30.4. The molecular weight excluding hydrogens is 995 g/mol. The molecule has 1 unspecified atom stereocenters. The molecule has 4 spiro atoms. The molecule has 22 rings (SSSR count). The summed E-state index contributed by atoms with van der Waals surface area (Å²) in [6.45, 7) is 0. The molecule has 13 aromatic rings. The summed E-state index contributed by atoms with van der Waals surface area (Å²) in [5.74, 6) is 2.98. The molecule has 0 amide bonds. The number of hydrogen-bond donors (Lipinski definition) is 0. The van der Waals surface area contributed by atoms with Crippen LogP contribution in [0.1, 0.15) is 22.3 Å². The van der Waals surface area contributed by atoms with E-state index in [4.69, 9.17) is 4.74 Å². The zero-order valence-electron chi connectivity index (χ0n) is 42.2. The van der Waals surface area contributed by atoms with Crippen molar-refractivity contribution in [1.29, 1.82) is 0 Å². The Morgan fingerprint density at radius 2 is 0.823 bits per heavy atom. The first kappa shape index (κ1) is 39.6. The van der Waals surface area contributed by atoms with Crippen LogP contribution < -0.4 is 65.2 Å². The van der Waals surface area contributed by atoms with Gasteiger partial charge in [-0.1, -0.05) is 182 Å². The second kappa shape index (κ2) is 12.5. The second-order valence-electron chi connectivity index (χ2n) is 23.1. The van der Waals surface area contributed by atoms with Crippen molar-refractivity contribution in [2.45, 2.75) is 5.41 Å². The van der Waals surface area contributed by atoms with Gasteiger partial charge in [0.15, 0.2) is 28.5 Å². The standard InChI is InChI=1S/C71H40N5OSi2/c1-7-25-49-41(17-1)42-18-2-8-26-50(42)71(49)51-27-13-23-47-48-24-15-39-72-69(48)74(63(47)51)64-52(71)35-36-53-67(64)76(72)68-54(77-53)37-38-61-66(68)75-65-59(78(61)55-28-9-3-19-43(55)44-20-4-10-29-56(44)78)32-14-33-60(65)79(62-34-16-40-73(76)70(62)75)57-30-11-5-21-45(57)46-22-6-12-31-58(46)79/h1-40H/q+3. The Morgan fingerprint density at radius 3 is 1.47 bits per heavy atom. The predicted octanol–water partition coefficient (Wildman–Crippen LogP) is 9.15. The topological polar surface area (TPSA) is 25.2 Å². The van der Waals surface area contributed by atoms with Crippen LogP contribution in [0.5, 0.6) is 11.5 Å². The SMILES string of the molecule is c1ccc2c(c1)-c1ccccc1C21c2ccc3c4c2-n2c5c1cccc5c1ccc[n+](c12)[N+]41c2c(ccc4c2N2c5c(cccc5[Si]5(c6ccccc6-c6ccccc65)c5ccc[n+]1c52)[Si]41c2ccccc2-c2ccccc21)O3. The summed E-state index contributed by atoms with van der Waals surface area (Å²) < 4.78 is 16.0. The van der Waals surface area contributed by atoms with Crippen molar-refractivity contribution in [2.75, 3.05) is 4.90 Å². The van der Waals surface area contributed by atoms with Gasteiger partial charge in [-0.05, 0) is 123 Å². The molecule has 1 atom stereocenters. The highest BCUT2D eigenvalue weighted by atomic mass is 28.3. The molecule has 1 aliphatic carbocycles. The molecule has 0 N–H and O–H groups in total. The molecule has 360 valence electrons. The van der Waals surface area contributed by atoms with E-state index in [2.05, 4.69) is 262 Å². The van der Waals surface area contributed by atoms with Crippen molar-refractivity contribution in [3.05, 3.63) is 265 Å². The second-order valence-corrected chi connectivity index (χ2v) is 30.4. The first-order valence-electron chi connectivity index (χ1n) is 27.7. The molecule has 0 saturated heterocycles. The van der Waals surface area contributed by atoms with E-state index in [0.29, 0.717) is 0 Å². The highest BCUT2D eigenvalue weighted by Gasteiger charge is 2.75. The smallest absolute Gasteiger partial charge is 0.350 e. The van der Waals surface area contributed by atoms with Crippen LogP contribution in [-0.4, -0.2) is 20.7 Å². The average Bonchev–Trinajstić information content (AvgIpc) is 3.47. The van der Waals surface area contributed by atoms with E-state index in [1.807, 2.05) is 0 Å². The lowest BCUT2D eigenvalue weighted by Crippen LogP contribution is -2.91. The van der Waals surface area contributed by atoms with E-state index < -0.39 is 21.6 Å².